The smallest absolute Gasteiger partial charge is 0.165 e. The Balaban J connectivity index is 0.00000289. The number of fused-ring (bicyclic) bond motifs is 2. The molecule has 0 fully saturated rings. The van der Waals surface area contributed by atoms with Gasteiger partial charge < -0.3 is 19.2 Å². The predicted octanol–water partition coefficient (Wildman–Crippen LogP) is 4.32. The fourth-order valence-electron chi connectivity index (χ4n) is 4.18. The number of nitrogens with zero attached hydrogens (tertiary/aromatic N) is 5. The van der Waals surface area contributed by atoms with E-state index in [1.165, 1.54) is 0 Å². The Bertz CT molecular complexity index is 1130. The van der Waals surface area contributed by atoms with Crippen LogP contribution in [0.5, 0.6) is 5.75 Å². The number of halogens is 1. The van der Waals surface area contributed by atoms with Crippen LogP contribution in [0.1, 0.15) is 35.9 Å². The van der Waals surface area contributed by atoms with Gasteiger partial charge in [0.1, 0.15) is 18.7 Å². The van der Waals surface area contributed by atoms with Gasteiger partial charge >= 0.3 is 0 Å². The molecule has 3 heterocycles. The fraction of sp³-hybridized carbons (Fsp3) is 0.435. The Hall–Kier alpha value is -2.84. The Labute approximate surface area is 194 Å². The summed E-state index contributed by atoms with van der Waals surface area (Å²) in [6.07, 6.45) is 2.76. The number of hydrogen-bond acceptors (Lipinski definition) is 7. The van der Waals surface area contributed by atoms with E-state index in [0.717, 1.165) is 63.8 Å². The molecular formula is C23H30ClN5O3. The maximum atomic E-state index is 5.77. The molecule has 1 aliphatic heterocycles. The van der Waals surface area contributed by atoms with Crippen molar-refractivity contribution in [3.8, 4) is 16.9 Å². The maximum Gasteiger partial charge on any atom is 0.165 e. The number of hydrogen-bond donors (Lipinski definition) is 0. The number of oxime groups is 1. The Morgan fingerprint density at radius 3 is 2.75 bits per heavy atom. The summed E-state index contributed by atoms with van der Waals surface area (Å²) in [5, 5.41) is 8.87. The van der Waals surface area contributed by atoms with E-state index in [1.807, 2.05) is 23.6 Å². The van der Waals surface area contributed by atoms with Gasteiger partial charge in [0.15, 0.2) is 5.65 Å². The molecule has 8 nitrogen and oxygen atoms in total. The molecule has 2 aromatic heterocycles. The predicted molar refractivity (Wildman–Crippen MR) is 128 cm³/mol. The highest BCUT2D eigenvalue weighted by molar-refractivity contribution is 5.85. The van der Waals surface area contributed by atoms with Crippen LogP contribution in [-0.4, -0.2) is 48.1 Å². The van der Waals surface area contributed by atoms with Gasteiger partial charge in [-0.1, -0.05) is 18.1 Å². The van der Waals surface area contributed by atoms with Gasteiger partial charge in [0, 0.05) is 17.7 Å². The van der Waals surface area contributed by atoms with Crippen LogP contribution in [0.15, 0.2) is 23.4 Å². The van der Waals surface area contributed by atoms with E-state index in [0.29, 0.717) is 19.8 Å². The highest BCUT2D eigenvalue weighted by atomic mass is 35.5. The standard InChI is InChI=1S/C23H29N5O3.ClH/c1-6-10-27(11-9-24-30-5)23-19-13-31-14-20(19)25-22-21(16(3)26-28(22)23)18-8-7-17(29-4)12-15(18)2;/h7-9,12H,6,10-11,13-14H2,1-5H3;1H/b24-9+;. The molecule has 0 radical (unpaired) electrons. The number of rotatable bonds is 8. The first-order valence-corrected chi connectivity index (χ1v) is 10.5. The Kier molecular flexibility index (Phi) is 7.58. The summed E-state index contributed by atoms with van der Waals surface area (Å²) in [5.41, 5.74) is 7.11. The van der Waals surface area contributed by atoms with Gasteiger partial charge in [0.2, 0.25) is 0 Å². The number of benzene rings is 1. The van der Waals surface area contributed by atoms with E-state index < -0.39 is 0 Å². The van der Waals surface area contributed by atoms with Gasteiger partial charge in [-0.25, -0.2) is 4.98 Å². The van der Waals surface area contributed by atoms with Crippen molar-refractivity contribution in [2.45, 2.75) is 40.4 Å². The molecule has 3 aromatic rings. The topological polar surface area (TPSA) is 73.5 Å². The van der Waals surface area contributed by atoms with Crippen molar-refractivity contribution in [3.05, 3.63) is 40.7 Å². The van der Waals surface area contributed by atoms with E-state index >= 15 is 0 Å². The first-order chi connectivity index (χ1) is 15.1. The number of aromatic nitrogens is 3. The zero-order chi connectivity index (χ0) is 22.0. The highest BCUT2D eigenvalue weighted by Crippen LogP contribution is 2.37. The molecule has 1 aliphatic rings. The van der Waals surface area contributed by atoms with Crippen LogP contribution in [0, 0.1) is 13.8 Å². The van der Waals surface area contributed by atoms with Crippen LogP contribution in [0.3, 0.4) is 0 Å². The van der Waals surface area contributed by atoms with Gasteiger partial charge in [-0.15, -0.1) is 12.4 Å². The molecule has 0 saturated carbocycles. The molecule has 0 spiro atoms. The number of anilines is 1. The van der Waals surface area contributed by atoms with Crippen LogP contribution >= 0.6 is 12.4 Å². The van der Waals surface area contributed by atoms with E-state index in [-0.39, 0.29) is 12.4 Å². The van der Waals surface area contributed by atoms with E-state index in [9.17, 15) is 0 Å². The zero-order valence-electron chi connectivity index (χ0n) is 19.2. The Morgan fingerprint density at radius 1 is 1.25 bits per heavy atom. The number of methoxy groups -OCH3 is 1. The third-order valence-corrected chi connectivity index (χ3v) is 5.56. The minimum Gasteiger partial charge on any atom is -0.497 e. The average Bonchev–Trinajstić information content (AvgIpc) is 3.35. The van der Waals surface area contributed by atoms with Crippen molar-refractivity contribution in [3.63, 3.8) is 0 Å². The van der Waals surface area contributed by atoms with Crippen molar-refractivity contribution in [1.82, 2.24) is 14.6 Å². The van der Waals surface area contributed by atoms with E-state index in [4.69, 9.17) is 24.4 Å². The average molecular weight is 460 g/mol. The first-order valence-electron chi connectivity index (χ1n) is 10.5. The van der Waals surface area contributed by atoms with Gasteiger partial charge in [0.05, 0.1) is 44.5 Å². The molecule has 172 valence electrons. The molecule has 0 amide bonds. The van der Waals surface area contributed by atoms with E-state index in [1.54, 1.807) is 20.4 Å². The molecule has 0 aliphatic carbocycles. The molecule has 0 atom stereocenters. The van der Waals surface area contributed by atoms with Crippen molar-refractivity contribution in [2.24, 2.45) is 5.16 Å². The van der Waals surface area contributed by atoms with Crippen molar-refractivity contribution in [1.29, 1.82) is 0 Å². The zero-order valence-corrected chi connectivity index (χ0v) is 20.0. The monoisotopic (exact) mass is 459 g/mol. The van der Waals surface area contributed by atoms with Crippen molar-refractivity contribution in [2.75, 3.05) is 32.2 Å². The van der Waals surface area contributed by atoms with Crippen LogP contribution < -0.4 is 9.64 Å². The van der Waals surface area contributed by atoms with Crippen LogP contribution in [0.25, 0.3) is 16.8 Å². The number of aryl methyl sites for hydroxylation is 2. The lowest BCUT2D eigenvalue weighted by Gasteiger charge is -2.25. The summed E-state index contributed by atoms with van der Waals surface area (Å²) in [4.78, 5) is 12.1. The fourth-order valence-corrected chi connectivity index (χ4v) is 4.18. The summed E-state index contributed by atoms with van der Waals surface area (Å²) in [5.74, 6) is 1.85. The summed E-state index contributed by atoms with van der Waals surface area (Å²) in [7, 11) is 3.23. The van der Waals surface area contributed by atoms with Crippen molar-refractivity contribution >= 4 is 30.1 Å². The lowest BCUT2D eigenvalue weighted by Crippen LogP contribution is -2.30. The molecule has 1 aromatic carbocycles. The van der Waals surface area contributed by atoms with Gasteiger partial charge in [-0.2, -0.15) is 9.61 Å². The summed E-state index contributed by atoms with van der Waals surface area (Å²) in [6, 6.07) is 6.10. The molecule has 9 heteroatoms. The van der Waals surface area contributed by atoms with Crippen LogP contribution in [0.2, 0.25) is 0 Å². The molecule has 4 rings (SSSR count). The van der Waals surface area contributed by atoms with Crippen LogP contribution in [-0.2, 0) is 22.8 Å². The third kappa shape index (κ3) is 4.25. The highest BCUT2D eigenvalue weighted by Gasteiger charge is 2.27. The van der Waals surface area contributed by atoms with Gasteiger partial charge in [0.25, 0.3) is 0 Å². The lowest BCUT2D eigenvalue weighted by atomic mass is 10.0. The molecule has 0 N–H and O–H groups in total. The summed E-state index contributed by atoms with van der Waals surface area (Å²) >= 11 is 0. The largest absolute Gasteiger partial charge is 0.497 e. The van der Waals surface area contributed by atoms with E-state index in [2.05, 4.69) is 30.0 Å². The second-order valence-electron chi connectivity index (χ2n) is 7.65. The second-order valence-corrected chi connectivity index (χ2v) is 7.65. The first kappa shape index (κ1) is 23.8. The van der Waals surface area contributed by atoms with Crippen LogP contribution in [0.4, 0.5) is 5.82 Å². The van der Waals surface area contributed by atoms with Crippen molar-refractivity contribution < 1.29 is 14.3 Å². The number of ether oxygens (including phenoxy) is 2. The van der Waals surface area contributed by atoms with Gasteiger partial charge in [-0.05, 0) is 43.5 Å². The molecule has 32 heavy (non-hydrogen) atoms. The maximum absolute atomic E-state index is 5.77. The quantitative estimate of drug-likeness (QED) is 0.369. The second kappa shape index (κ2) is 10.2. The molecular weight excluding hydrogens is 430 g/mol. The molecule has 0 saturated heterocycles. The summed E-state index contributed by atoms with van der Waals surface area (Å²) in [6.45, 7) is 8.80. The third-order valence-electron chi connectivity index (χ3n) is 5.56. The molecule has 0 unspecified atom stereocenters. The minimum absolute atomic E-state index is 0. The minimum atomic E-state index is 0. The normalized spacial score (nSPS) is 12.8. The molecule has 0 bridgehead atoms. The lowest BCUT2D eigenvalue weighted by molar-refractivity contribution is 0.133. The summed E-state index contributed by atoms with van der Waals surface area (Å²) < 4.78 is 13.1. The van der Waals surface area contributed by atoms with Gasteiger partial charge in [-0.3, -0.25) is 0 Å². The Morgan fingerprint density at radius 2 is 2.06 bits per heavy atom. The SMILES string of the molecule is CCCN(C/C=N/OC)c1c2c(nc3c(-c4ccc(OC)cc4C)c(C)nn13)COC2.Cl.